The number of hydrogen-bond acceptors (Lipinski definition) is 5. The highest BCUT2D eigenvalue weighted by Crippen LogP contribution is 2.16. The van der Waals surface area contributed by atoms with E-state index >= 15 is 0 Å². The van der Waals surface area contributed by atoms with Gasteiger partial charge in [0, 0.05) is 6.42 Å². The first-order valence-corrected chi connectivity index (χ1v) is 11.7. The maximum absolute atomic E-state index is 13.6. The molecule has 10 heteroatoms. The zero-order valence-corrected chi connectivity index (χ0v) is 20.4. The Kier molecular flexibility index (Phi) is 8.42. The van der Waals surface area contributed by atoms with Crippen LogP contribution < -0.4 is 21.9 Å². The second-order valence-corrected chi connectivity index (χ2v) is 8.80. The van der Waals surface area contributed by atoms with Crippen molar-refractivity contribution in [3.05, 3.63) is 81.0 Å². The van der Waals surface area contributed by atoms with Crippen LogP contribution in [0.15, 0.2) is 64.2 Å². The molecular weight excluding hydrogens is 464 g/mol. The van der Waals surface area contributed by atoms with E-state index in [0.717, 1.165) is 4.57 Å². The number of aliphatic carboxylic acids is 1. The summed E-state index contributed by atoms with van der Waals surface area (Å²) < 4.78 is 0.871. The number of nitrogens with zero attached hydrogens (tertiary/aromatic N) is 1. The quantitative estimate of drug-likeness (QED) is 0.336. The second-order valence-electron chi connectivity index (χ2n) is 8.80. The summed E-state index contributed by atoms with van der Waals surface area (Å²) in [5.74, 6) is -2.93. The fourth-order valence-corrected chi connectivity index (χ4v) is 3.91. The number of aromatic amines is 1. The van der Waals surface area contributed by atoms with Crippen LogP contribution >= 0.6 is 0 Å². The van der Waals surface area contributed by atoms with Gasteiger partial charge in [-0.2, -0.15) is 0 Å². The minimum absolute atomic E-state index is 0.0222. The molecule has 0 aliphatic carbocycles. The van der Waals surface area contributed by atoms with E-state index < -0.39 is 47.2 Å². The number of nitrogens with one attached hydrogen (secondary N) is 3. The first-order chi connectivity index (χ1) is 17.1. The van der Waals surface area contributed by atoms with Gasteiger partial charge in [-0.15, -0.1) is 0 Å². The number of para-hydroxylation sites is 1. The van der Waals surface area contributed by atoms with E-state index in [2.05, 4.69) is 15.6 Å². The Balaban J connectivity index is 2.05. The second kappa shape index (κ2) is 11.5. The van der Waals surface area contributed by atoms with Crippen LogP contribution in [-0.2, 0) is 20.8 Å². The molecule has 190 valence electrons. The molecule has 2 amide bonds. The molecule has 0 aliphatic rings. The third-order valence-corrected chi connectivity index (χ3v) is 6.25. The molecule has 10 nitrogen and oxygen atoms in total. The molecule has 0 saturated carbocycles. The number of rotatable bonds is 10. The minimum atomic E-state index is -1.26. The van der Waals surface area contributed by atoms with Gasteiger partial charge in [0.2, 0.25) is 11.8 Å². The Labute approximate surface area is 207 Å². The zero-order valence-electron chi connectivity index (χ0n) is 20.4. The Morgan fingerprint density at radius 2 is 1.58 bits per heavy atom. The highest BCUT2D eigenvalue weighted by molar-refractivity contribution is 5.91. The van der Waals surface area contributed by atoms with Gasteiger partial charge in [0.05, 0.1) is 10.9 Å². The maximum atomic E-state index is 13.6. The van der Waals surface area contributed by atoms with Crippen LogP contribution in [0, 0.1) is 5.92 Å². The van der Waals surface area contributed by atoms with Crippen molar-refractivity contribution in [3.63, 3.8) is 0 Å². The number of carbonyl (C=O) groups is 3. The fraction of sp³-hybridized carbons (Fsp3) is 0.346. The number of carbonyl (C=O) groups excluding carboxylic acids is 2. The third kappa shape index (κ3) is 5.88. The van der Waals surface area contributed by atoms with E-state index in [1.165, 1.54) is 6.92 Å². The highest BCUT2D eigenvalue weighted by atomic mass is 16.4. The molecule has 1 unspecified atom stereocenters. The summed E-state index contributed by atoms with van der Waals surface area (Å²) in [6.45, 7) is 4.90. The van der Waals surface area contributed by atoms with Gasteiger partial charge in [-0.05, 0) is 30.5 Å². The van der Waals surface area contributed by atoms with Crippen molar-refractivity contribution in [1.29, 1.82) is 0 Å². The number of H-pyrrole nitrogens is 1. The number of aromatic nitrogens is 2. The Bertz CT molecular complexity index is 1360. The predicted octanol–water partition coefficient (Wildman–Crippen LogP) is 1.59. The highest BCUT2D eigenvalue weighted by Gasteiger charge is 2.32. The molecule has 0 aliphatic heterocycles. The predicted molar refractivity (Wildman–Crippen MR) is 135 cm³/mol. The summed E-state index contributed by atoms with van der Waals surface area (Å²) >= 11 is 0. The van der Waals surface area contributed by atoms with Gasteiger partial charge in [-0.25, -0.2) is 9.36 Å². The van der Waals surface area contributed by atoms with Crippen molar-refractivity contribution in [2.75, 3.05) is 0 Å². The standard InChI is InChI=1S/C26H30N4O6/c1-4-15(2)21(23(32)27-16(3)25(34)35)29-22(31)20(14-17-10-6-5-7-11-17)30-24(33)18-12-8-9-13-19(18)28-26(30)36/h5-13,15-16,20-21H,4,14H2,1-3H3,(H,27,32)(H,28,36)(H,29,31)(H,34,35)/t15?,16-,20+,21-/m0/s1. The fourth-order valence-electron chi connectivity index (χ4n) is 3.91. The summed E-state index contributed by atoms with van der Waals surface area (Å²) in [6, 6.07) is 11.9. The van der Waals surface area contributed by atoms with Crippen molar-refractivity contribution in [2.45, 2.75) is 51.7 Å². The molecule has 0 bridgehead atoms. The first kappa shape index (κ1) is 26.4. The van der Waals surface area contributed by atoms with Crippen molar-refractivity contribution in [2.24, 2.45) is 5.92 Å². The molecular formula is C26H30N4O6. The van der Waals surface area contributed by atoms with Crippen LogP contribution in [0.3, 0.4) is 0 Å². The summed E-state index contributed by atoms with van der Waals surface area (Å²) in [7, 11) is 0. The molecule has 3 aromatic rings. The summed E-state index contributed by atoms with van der Waals surface area (Å²) in [4.78, 5) is 66.7. The zero-order chi connectivity index (χ0) is 26.4. The Hall–Kier alpha value is -4.21. The Morgan fingerprint density at radius 3 is 2.22 bits per heavy atom. The molecule has 4 N–H and O–H groups in total. The smallest absolute Gasteiger partial charge is 0.329 e. The van der Waals surface area contributed by atoms with E-state index in [1.54, 1.807) is 61.5 Å². The largest absolute Gasteiger partial charge is 0.480 e. The molecule has 0 saturated heterocycles. The van der Waals surface area contributed by atoms with E-state index in [-0.39, 0.29) is 17.7 Å². The van der Waals surface area contributed by atoms with Crippen LogP contribution in [0.2, 0.25) is 0 Å². The molecule has 3 rings (SSSR count). The van der Waals surface area contributed by atoms with Crippen molar-refractivity contribution < 1.29 is 19.5 Å². The van der Waals surface area contributed by atoms with Crippen LogP contribution in [0.4, 0.5) is 0 Å². The lowest BCUT2D eigenvalue weighted by Gasteiger charge is -2.27. The van der Waals surface area contributed by atoms with Gasteiger partial charge in [0.15, 0.2) is 0 Å². The van der Waals surface area contributed by atoms with Crippen LogP contribution in [-0.4, -0.2) is 44.5 Å². The van der Waals surface area contributed by atoms with E-state index in [9.17, 15) is 24.0 Å². The van der Waals surface area contributed by atoms with Crippen LogP contribution in [0.25, 0.3) is 10.9 Å². The lowest BCUT2D eigenvalue weighted by molar-refractivity contribution is -0.142. The number of carboxylic acid groups (broad SMARTS) is 1. The number of amides is 2. The van der Waals surface area contributed by atoms with Crippen molar-refractivity contribution in [3.8, 4) is 0 Å². The van der Waals surface area contributed by atoms with Crippen LogP contribution in [0.1, 0.15) is 38.8 Å². The molecule has 0 spiro atoms. The van der Waals surface area contributed by atoms with Crippen molar-refractivity contribution >= 4 is 28.7 Å². The lowest BCUT2D eigenvalue weighted by Crippen LogP contribution is -2.56. The maximum Gasteiger partial charge on any atom is 0.329 e. The van der Waals surface area contributed by atoms with E-state index in [0.29, 0.717) is 17.5 Å². The van der Waals surface area contributed by atoms with Gasteiger partial charge in [0.25, 0.3) is 5.56 Å². The monoisotopic (exact) mass is 494 g/mol. The normalized spacial score (nSPS) is 14.4. The summed E-state index contributed by atoms with van der Waals surface area (Å²) in [5.41, 5.74) is -0.323. The molecule has 2 aromatic carbocycles. The molecule has 1 aromatic heterocycles. The van der Waals surface area contributed by atoms with Crippen molar-refractivity contribution in [1.82, 2.24) is 20.2 Å². The topological polar surface area (TPSA) is 150 Å². The Morgan fingerprint density at radius 1 is 0.944 bits per heavy atom. The van der Waals surface area contributed by atoms with Gasteiger partial charge < -0.3 is 20.7 Å². The van der Waals surface area contributed by atoms with Gasteiger partial charge >= 0.3 is 11.7 Å². The summed E-state index contributed by atoms with van der Waals surface area (Å²) in [6.07, 6.45) is 0.536. The molecule has 4 atom stereocenters. The number of fused-ring (bicyclic) bond motifs is 1. The van der Waals surface area contributed by atoms with Crippen LogP contribution in [0.5, 0.6) is 0 Å². The number of hydrogen-bond donors (Lipinski definition) is 4. The molecule has 1 heterocycles. The molecule has 0 radical (unpaired) electrons. The first-order valence-electron chi connectivity index (χ1n) is 11.7. The minimum Gasteiger partial charge on any atom is -0.480 e. The average Bonchev–Trinajstić information content (AvgIpc) is 2.86. The van der Waals surface area contributed by atoms with Gasteiger partial charge in [-0.3, -0.25) is 19.2 Å². The van der Waals surface area contributed by atoms with Gasteiger partial charge in [-0.1, -0.05) is 62.7 Å². The SMILES string of the molecule is CCC(C)[C@H](NC(=O)[C@@H](Cc1ccccc1)n1c(=O)[nH]c2ccccc2c1=O)C(=O)N[C@@H](C)C(=O)O. The van der Waals surface area contributed by atoms with E-state index in [4.69, 9.17) is 5.11 Å². The third-order valence-electron chi connectivity index (χ3n) is 6.25. The lowest BCUT2D eigenvalue weighted by atomic mass is 9.96. The number of benzene rings is 2. The number of carboxylic acids is 1. The van der Waals surface area contributed by atoms with Gasteiger partial charge in [0.1, 0.15) is 18.1 Å². The molecule has 36 heavy (non-hydrogen) atoms. The molecule has 0 fully saturated rings. The average molecular weight is 495 g/mol. The van der Waals surface area contributed by atoms with E-state index in [1.807, 2.05) is 6.92 Å². The summed E-state index contributed by atoms with van der Waals surface area (Å²) in [5, 5.41) is 14.5.